The number of hydrazine groups is 1. The lowest BCUT2D eigenvalue weighted by molar-refractivity contribution is -0.137. The van der Waals surface area contributed by atoms with Crippen LogP contribution in [-0.4, -0.2) is 27.9 Å². The largest absolute Gasteiger partial charge is 0.481 e. The van der Waals surface area contributed by atoms with E-state index in [-0.39, 0.29) is 25.0 Å². The number of hydrogen-bond donors (Lipinski definition) is 3. The fourth-order valence-corrected chi connectivity index (χ4v) is 1.15. The molecule has 0 atom stereocenters. The van der Waals surface area contributed by atoms with Crippen molar-refractivity contribution in [2.45, 2.75) is 19.3 Å². The van der Waals surface area contributed by atoms with Crippen molar-refractivity contribution < 1.29 is 19.5 Å². The molecule has 0 aliphatic rings. The number of hydrogen-bond acceptors (Lipinski definition) is 4. The number of nitrogens with zero attached hydrogens (tertiary/aromatic N) is 1. The van der Waals surface area contributed by atoms with Crippen molar-refractivity contribution in [3.63, 3.8) is 0 Å². The van der Waals surface area contributed by atoms with Crippen molar-refractivity contribution in [1.29, 1.82) is 0 Å². The van der Waals surface area contributed by atoms with Crippen molar-refractivity contribution in [2.24, 2.45) is 0 Å². The summed E-state index contributed by atoms with van der Waals surface area (Å²) >= 11 is 0. The Morgan fingerprint density at radius 1 is 1.17 bits per heavy atom. The third kappa shape index (κ3) is 5.06. The van der Waals surface area contributed by atoms with Gasteiger partial charge in [0.15, 0.2) is 0 Å². The summed E-state index contributed by atoms with van der Waals surface area (Å²) in [5, 5.41) is 8.38. The van der Waals surface area contributed by atoms with Gasteiger partial charge in [-0.2, -0.15) is 0 Å². The van der Waals surface area contributed by atoms with E-state index in [0.29, 0.717) is 0 Å². The smallest absolute Gasteiger partial charge is 0.303 e. The van der Waals surface area contributed by atoms with Gasteiger partial charge in [0.05, 0.1) is 0 Å². The Morgan fingerprint density at radius 2 is 1.94 bits per heavy atom. The van der Waals surface area contributed by atoms with Crippen LogP contribution in [0.1, 0.15) is 29.8 Å². The number of rotatable bonds is 5. The SMILES string of the molecule is O=C(O)CCCC(=O)NNC(=O)c1ccccn1. The predicted molar refractivity (Wildman–Crippen MR) is 61.3 cm³/mol. The molecule has 1 aromatic rings. The third-order valence-electron chi connectivity index (χ3n) is 2.01. The van der Waals surface area contributed by atoms with Gasteiger partial charge in [-0.25, -0.2) is 0 Å². The minimum absolute atomic E-state index is 0.0365. The molecule has 2 amide bonds. The molecule has 1 rings (SSSR count). The zero-order valence-corrected chi connectivity index (χ0v) is 9.55. The standard InChI is InChI=1S/C11H13N3O4/c15-9(5-3-6-10(16)17)13-14-11(18)8-4-1-2-7-12-8/h1-2,4,7H,3,5-6H2,(H,13,15)(H,14,18)(H,16,17). The lowest BCUT2D eigenvalue weighted by Crippen LogP contribution is -2.41. The Balaban J connectivity index is 2.26. The first kappa shape index (κ1) is 13.6. The highest BCUT2D eigenvalue weighted by Crippen LogP contribution is 1.95. The molecule has 96 valence electrons. The Hall–Kier alpha value is -2.44. The van der Waals surface area contributed by atoms with Gasteiger partial charge in [-0.15, -0.1) is 0 Å². The normalized spacial score (nSPS) is 9.56. The quantitative estimate of drug-likeness (QED) is 0.643. The first-order valence-corrected chi connectivity index (χ1v) is 5.31. The molecule has 18 heavy (non-hydrogen) atoms. The average Bonchev–Trinajstić information content (AvgIpc) is 2.36. The number of nitrogens with one attached hydrogen (secondary N) is 2. The molecule has 0 aromatic carbocycles. The highest BCUT2D eigenvalue weighted by atomic mass is 16.4. The molecule has 0 saturated carbocycles. The fraction of sp³-hybridized carbons (Fsp3) is 0.273. The second-order valence-corrected chi connectivity index (χ2v) is 3.46. The van der Waals surface area contributed by atoms with Crippen molar-refractivity contribution in [3.05, 3.63) is 30.1 Å². The molecule has 0 saturated heterocycles. The molecular weight excluding hydrogens is 238 g/mol. The number of carbonyl (C=O) groups excluding carboxylic acids is 2. The molecule has 0 aliphatic carbocycles. The molecule has 1 aromatic heterocycles. The summed E-state index contributed by atoms with van der Waals surface area (Å²) < 4.78 is 0. The molecule has 0 spiro atoms. The van der Waals surface area contributed by atoms with Gasteiger partial charge in [-0.3, -0.25) is 30.2 Å². The van der Waals surface area contributed by atoms with Crippen LogP contribution >= 0.6 is 0 Å². The van der Waals surface area contributed by atoms with Crippen LogP contribution in [0.3, 0.4) is 0 Å². The Bertz CT molecular complexity index is 433. The van der Waals surface area contributed by atoms with Gasteiger partial charge in [0, 0.05) is 19.0 Å². The molecule has 0 fully saturated rings. The summed E-state index contributed by atoms with van der Waals surface area (Å²) in [4.78, 5) is 36.7. The van der Waals surface area contributed by atoms with E-state index in [0.717, 1.165) is 0 Å². The van der Waals surface area contributed by atoms with E-state index in [9.17, 15) is 14.4 Å². The van der Waals surface area contributed by atoms with Crippen LogP contribution in [0.2, 0.25) is 0 Å². The minimum atomic E-state index is -0.958. The van der Waals surface area contributed by atoms with Gasteiger partial charge in [0.1, 0.15) is 5.69 Å². The Morgan fingerprint density at radius 3 is 2.56 bits per heavy atom. The number of pyridine rings is 1. The predicted octanol–water partition coefficient (Wildman–Crippen LogP) is 0.0975. The first-order chi connectivity index (χ1) is 8.59. The molecule has 0 bridgehead atoms. The summed E-state index contributed by atoms with van der Waals surface area (Å²) in [5.74, 6) is -1.93. The van der Waals surface area contributed by atoms with Gasteiger partial charge in [0.25, 0.3) is 5.91 Å². The summed E-state index contributed by atoms with van der Waals surface area (Å²) in [5.41, 5.74) is 4.56. The maximum Gasteiger partial charge on any atom is 0.303 e. The third-order valence-corrected chi connectivity index (χ3v) is 2.01. The fourth-order valence-electron chi connectivity index (χ4n) is 1.15. The van der Waals surface area contributed by atoms with Crippen LogP contribution < -0.4 is 10.9 Å². The maximum atomic E-state index is 11.4. The van der Waals surface area contributed by atoms with E-state index in [1.165, 1.54) is 12.3 Å². The second kappa shape index (κ2) is 7.00. The van der Waals surface area contributed by atoms with Gasteiger partial charge < -0.3 is 5.11 Å². The monoisotopic (exact) mass is 251 g/mol. The van der Waals surface area contributed by atoms with Crippen LogP contribution in [0, 0.1) is 0 Å². The lowest BCUT2D eigenvalue weighted by atomic mass is 10.2. The van der Waals surface area contributed by atoms with Gasteiger partial charge in [-0.05, 0) is 18.6 Å². The van der Waals surface area contributed by atoms with E-state index in [4.69, 9.17) is 5.11 Å². The molecule has 1 heterocycles. The zero-order valence-electron chi connectivity index (χ0n) is 9.55. The zero-order chi connectivity index (χ0) is 13.4. The van der Waals surface area contributed by atoms with Gasteiger partial charge in [-0.1, -0.05) is 6.07 Å². The minimum Gasteiger partial charge on any atom is -0.481 e. The van der Waals surface area contributed by atoms with E-state index >= 15 is 0 Å². The number of aromatic nitrogens is 1. The molecule has 3 N–H and O–H groups in total. The summed E-state index contributed by atoms with van der Waals surface area (Å²) in [6, 6.07) is 4.82. The van der Waals surface area contributed by atoms with E-state index in [1.807, 2.05) is 0 Å². The number of carboxylic acid groups (broad SMARTS) is 1. The first-order valence-electron chi connectivity index (χ1n) is 5.31. The van der Waals surface area contributed by atoms with Crippen LogP contribution in [0.15, 0.2) is 24.4 Å². The average molecular weight is 251 g/mol. The van der Waals surface area contributed by atoms with E-state index in [1.54, 1.807) is 12.1 Å². The van der Waals surface area contributed by atoms with E-state index in [2.05, 4.69) is 15.8 Å². The number of carboxylic acids is 1. The molecule has 0 radical (unpaired) electrons. The van der Waals surface area contributed by atoms with Crippen molar-refractivity contribution in [3.8, 4) is 0 Å². The van der Waals surface area contributed by atoms with Gasteiger partial charge in [0.2, 0.25) is 5.91 Å². The van der Waals surface area contributed by atoms with Gasteiger partial charge >= 0.3 is 5.97 Å². The molecular formula is C11H13N3O4. The van der Waals surface area contributed by atoms with Crippen LogP contribution in [0.4, 0.5) is 0 Å². The van der Waals surface area contributed by atoms with Crippen molar-refractivity contribution in [2.75, 3.05) is 0 Å². The highest BCUT2D eigenvalue weighted by molar-refractivity contribution is 5.93. The summed E-state index contributed by atoms with van der Waals surface area (Å²) in [6.45, 7) is 0. The van der Waals surface area contributed by atoms with E-state index < -0.39 is 17.8 Å². The highest BCUT2D eigenvalue weighted by Gasteiger charge is 2.08. The summed E-state index contributed by atoms with van der Waals surface area (Å²) in [6.07, 6.45) is 1.64. The van der Waals surface area contributed by atoms with Crippen molar-refractivity contribution >= 4 is 17.8 Å². The number of aliphatic carboxylic acids is 1. The topological polar surface area (TPSA) is 108 Å². The number of amides is 2. The Kier molecular flexibility index (Phi) is 5.30. The molecule has 7 nitrogen and oxygen atoms in total. The molecule has 0 unspecified atom stereocenters. The van der Waals surface area contributed by atoms with Crippen LogP contribution in [-0.2, 0) is 9.59 Å². The maximum absolute atomic E-state index is 11.4. The number of carbonyl (C=O) groups is 3. The summed E-state index contributed by atoms with van der Waals surface area (Å²) in [7, 11) is 0. The molecule has 7 heteroatoms. The van der Waals surface area contributed by atoms with Crippen molar-refractivity contribution in [1.82, 2.24) is 15.8 Å². The second-order valence-electron chi connectivity index (χ2n) is 3.46. The lowest BCUT2D eigenvalue weighted by Gasteiger charge is -2.06. The molecule has 0 aliphatic heterocycles. The van der Waals surface area contributed by atoms with Crippen LogP contribution in [0.25, 0.3) is 0 Å². The van der Waals surface area contributed by atoms with Crippen LogP contribution in [0.5, 0.6) is 0 Å². The Labute approximate surface area is 103 Å².